The molecule has 2 atom stereocenters. The zero-order valence-corrected chi connectivity index (χ0v) is 10.9. The van der Waals surface area contributed by atoms with E-state index in [-0.39, 0.29) is 18.2 Å². The summed E-state index contributed by atoms with van der Waals surface area (Å²) >= 11 is 0. The van der Waals surface area contributed by atoms with E-state index in [4.69, 9.17) is 4.74 Å². The normalized spacial score (nSPS) is 28.7. The van der Waals surface area contributed by atoms with Crippen LogP contribution in [0.15, 0.2) is 30.3 Å². The second-order valence-electron chi connectivity index (χ2n) is 5.50. The predicted molar refractivity (Wildman–Crippen MR) is 70.5 cm³/mol. The topological polar surface area (TPSA) is 49.8 Å². The summed E-state index contributed by atoms with van der Waals surface area (Å²) in [7, 11) is 0. The number of aliphatic hydroxyl groups excluding tert-OH is 1. The molecule has 1 amide bonds. The number of carbonyl (C=O) groups excluding carboxylic acids is 1. The van der Waals surface area contributed by atoms with Gasteiger partial charge in [0.1, 0.15) is 6.61 Å². The molecule has 1 aromatic rings. The second-order valence-corrected chi connectivity index (χ2v) is 5.50. The summed E-state index contributed by atoms with van der Waals surface area (Å²) < 4.78 is 5.37. The molecule has 1 aliphatic carbocycles. The van der Waals surface area contributed by atoms with Crippen molar-refractivity contribution in [2.45, 2.75) is 31.4 Å². The van der Waals surface area contributed by atoms with Crippen molar-refractivity contribution in [3.05, 3.63) is 35.9 Å². The molecule has 4 nitrogen and oxygen atoms in total. The van der Waals surface area contributed by atoms with Gasteiger partial charge >= 0.3 is 6.09 Å². The van der Waals surface area contributed by atoms with E-state index in [1.54, 1.807) is 4.90 Å². The van der Waals surface area contributed by atoms with Crippen LogP contribution in [0, 0.1) is 5.92 Å². The Kier molecular flexibility index (Phi) is 3.19. The first kappa shape index (κ1) is 12.5. The van der Waals surface area contributed by atoms with Crippen LogP contribution >= 0.6 is 0 Å². The van der Waals surface area contributed by atoms with E-state index in [9.17, 15) is 9.90 Å². The number of aliphatic hydroxyl groups is 1. The molecule has 0 spiro atoms. The molecule has 4 heteroatoms. The molecule has 3 rings (SSSR count). The number of carbonyl (C=O) groups is 1. The third kappa shape index (κ3) is 2.21. The molecule has 1 saturated carbocycles. The summed E-state index contributed by atoms with van der Waals surface area (Å²) in [5, 5.41) is 9.55. The van der Waals surface area contributed by atoms with Crippen LogP contribution in [-0.4, -0.2) is 34.8 Å². The van der Waals surface area contributed by atoms with Crippen LogP contribution < -0.4 is 0 Å². The van der Waals surface area contributed by atoms with E-state index < -0.39 is 0 Å². The molecule has 1 N–H and O–H groups in total. The summed E-state index contributed by atoms with van der Waals surface area (Å²) in [4.78, 5) is 13.9. The minimum Gasteiger partial charge on any atom is -0.445 e. The van der Waals surface area contributed by atoms with E-state index in [0.29, 0.717) is 19.1 Å². The molecule has 1 aromatic carbocycles. The van der Waals surface area contributed by atoms with Gasteiger partial charge in [0.25, 0.3) is 0 Å². The van der Waals surface area contributed by atoms with Gasteiger partial charge in [-0.25, -0.2) is 4.79 Å². The van der Waals surface area contributed by atoms with Gasteiger partial charge in [-0.1, -0.05) is 30.3 Å². The van der Waals surface area contributed by atoms with Crippen LogP contribution in [0.2, 0.25) is 0 Å². The lowest BCUT2D eigenvalue weighted by Crippen LogP contribution is -2.48. The van der Waals surface area contributed by atoms with E-state index in [1.807, 2.05) is 30.3 Å². The van der Waals surface area contributed by atoms with Crippen molar-refractivity contribution in [3.8, 4) is 0 Å². The highest BCUT2D eigenvalue weighted by atomic mass is 16.6. The van der Waals surface area contributed by atoms with E-state index in [0.717, 1.165) is 24.8 Å². The van der Waals surface area contributed by atoms with E-state index in [2.05, 4.69) is 0 Å². The fourth-order valence-electron chi connectivity index (χ4n) is 3.14. The molecule has 0 radical (unpaired) electrons. The first-order valence-corrected chi connectivity index (χ1v) is 6.85. The molecule has 0 unspecified atom stereocenters. The molecular weight excluding hydrogens is 242 g/mol. The third-order valence-electron chi connectivity index (χ3n) is 4.37. The van der Waals surface area contributed by atoms with Crippen LogP contribution in [0.4, 0.5) is 4.79 Å². The first-order valence-electron chi connectivity index (χ1n) is 6.85. The summed E-state index contributed by atoms with van der Waals surface area (Å²) in [6.45, 7) is 1.05. The average molecular weight is 261 g/mol. The van der Waals surface area contributed by atoms with Crippen LogP contribution in [0.25, 0.3) is 0 Å². The summed E-state index contributed by atoms with van der Waals surface area (Å²) in [5.41, 5.74) is 0.671. The third-order valence-corrected chi connectivity index (χ3v) is 4.37. The number of hydrogen-bond acceptors (Lipinski definition) is 3. The summed E-state index contributed by atoms with van der Waals surface area (Å²) in [5.74, 6) is 0.468. The maximum absolute atomic E-state index is 12.2. The van der Waals surface area contributed by atoms with Gasteiger partial charge in [-0.15, -0.1) is 0 Å². The number of piperidine rings is 1. The Balaban J connectivity index is 1.61. The van der Waals surface area contributed by atoms with Crippen LogP contribution in [0.5, 0.6) is 0 Å². The molecule has 1 heterocycles. The lowest BCUT2D eigenvalue weighted by atomic mass is 10.0. The largest absolute Gasteiger partial charge is 0.445 e. The molecule has 0 bridgehead atoms. The number of amides is 1. The molecule has 2 fully saturated rings. The quantitative estimate of drug-likeness (QED) is 0.907. The SMILES string of the molecule is O=C(OCc1ccccc1)N1CCC[C@@H]2C[C@@]21CO. The monoisotopic (exact) mass is 261 g/mol. The standard InChI is InChI=1S/C15H19NO3/c17-11-15-9-13(15)7-4-8-16(15)14(18)19-10-12-5-2-1-3-6-12/h1-3,5-6,13,17H,4,7-11H2/t13-,15-/m1/s1. The maximum atomic E-state index is 12.2. The highest BCUT2D eigenvalue weighted by Crippen LogP contribution is 2.53. The highest BCUT2D eigenvalue weighted by Gasteiger charge is 2.61. The van der Waals surface area contributed by atoms with Crippen molar-refractivity contribution >= 4 is 6.09 Å². The van der Waals surface area contributed by atoms with Gasteiger partial charge in [-0.05, 0) is 30.7 Å². The number of likely N-dealkylation sites (tertiary alicyclic amines) is 1. The minimum absolute atomic E-state index is 0.0537. The fraction of sp³-hybridized carbons (Fsp3) is 0.533. The number of ether oxygens (including phenoxy) is 1. The van der Waals surface area contributed by atoms with Gasteiger partial charge in [0.15, 0.2) is 0 Å². The van der Waals surface area contributed by atoms with E-state index in [1.165, 1.54) is 0 Å². The maximum Gasteiger partial charge on any atom is 0.410 e. The Morgan fingerprint density at radius 3 is 2.95 bits per heavy atom. The van der Waals surface area contributed by atoms with Gasteiger partial charge in [0.2, 0.25) is 0 Å². The lowest BCUT2D eigenvalue weighted by Gasteiger charge is -2.34. The van der Waals surface area contributed by atoms with Crippen molar-refractivity contribution < 1.29 is 14.6 Å². The van der Waals surface area contributed by atoms with Crippen molar-refractivity contribution in [2.75, 3.05) is 13.2 Å². The molecular formula is C15H19NO3. The summed E-state index contributed by atoms with van der Waals surface area (Å²) in [6.07, 6.45) is 2.75. The number of nitrogens with zero attached hydrogens (tertiary/aromatic N) is 1. The predicted octanol–water partition coefficient (Wildman–Crippen LogP) is 2.17. The molecule has 1 aliphatic heterocycles. The Labute approximate surface area is 113 Å². The van der Waals surface area contributed by atoms with Crippen LogP contribution in [0.3, 0.4) is 0 Å². The van der Waals surface area contributed by atoms with Gasteiger partial charge in [-0.3, -0.25) is 4.90 Å². The Hall–Kier alpha value is -1.55. The first-order chi connectivity index (χ1) is 9.26. The smallest absolute Gasteiger partial charge is 0.410 e. The molecule has 1 saturated heterocycles. The Morgan fingerprint density at radius 2 is 2.21 bits per heavy atom. The number of benzene rings is 1. The van der Waals surface area contributed by atoms with Crippen molar-refractivity contribution in [1.29, 1.82) is 0 Å². The zero-order valence-electron chi connectivity index (χ0n) is 10.9. The van der Waals surface area contributed by atoms with Crippen molar-refractivity contribution in [1.82, 2.24) is 4.90 Å². The molecule has 2 aliphatic rings. The second kappa shape index (κ2) is 4.85. The minimum atomic E-state index is -0.313. The van der Waals surface area contributed by atoms with Crippen molar-refractivity contribution in [3.63, 3.8) is 0 Å². The molecule has 19 heavy (non-hydrogen) atoms. The van der Waals surface area contributed by atoms with E-state index >= 15 is 0 Å². The lowest BCUT2D eigenvalue weighted by molar-refractivity contribution is 0.0397. The van der Waals surface area contributed by atoms with Crippen LogP contribution in [-0.2, 0) is 11.3 Å². The Bertz CT molecular complexity index is 462. The van der Waals surface area contributed by atoms with Gasteiger partial charge in [-0.2, -0.15) is 0 Å². The molecule has 102 valence electrons. The summed E-state index contributed by atoms with van der Waals surface area (Å²) in [6, 6.07) is 9.66. The van der Waals surface area contributed by atoms with Crippen molar-refractivity contribution in [2.24, 2.45) is 5.92 Å². The Morgan fingerprint density at radius 1 is 1.42 bits per heavy atom. The number of hydrogen-bond donors (Lipinski definition) is 1. The fourth-order valence-corrected chi connectivity index (χ4v) is 3.14. The highest BCUT2D eigenvalue weighted by molar-refractivity contribution is 5.70. The van der Waals surface area contributed by atoms with Gasteiger partial charge < -0.3 is 9.84 Å². The van der Waals surface area contributed by atoms with Gasteiger partial charge in [0.05, 0.1) is 12.1 Å². The average Bonchev–Trinajstić information content (AvgIpc) is 3.20. The van der Waals surface area contributed by atoms with Crippen LogP contribution in [0.1, 0.15) is 24.8 Å². The zero-order chi connectivity index (χ0) is 13.3. The molecule has 0 aromatic heterocycles. The van der Waals surface area contributed by atoms with Gasteiger partial charge in [0, 0.05) is 6.54 Å². The number of rotatable bonds is 3. The number of fused-ring (bicyclic) bond motifs is 1.